The summed E-state index contributed by atoms with van der Waals surface area (Å²) in [5.41, 5.74) is 0.912. The van der Waals surface area contributed by atoms with Crippen molar-refractivity contribution in [1.29, 1.82) is 0 Å². The first kappa shape index (κ1) is 18.1. The zero-order valence-corrected chi connectivity index (χ0v) is 14.7. The molecule has 0 radical (unpaired) electrons. The molecule has 0 aliphatic carbocycles. The molecule has 0 unspecified atom stereocenters. The quantitative estimate of drug-likeness (QED) is 0.751. The number of amides is 1. The van der Waals surface area contributed by atoms with Crippen molar-refractivity contribution in [2.45, 2.75) is 19.8 Å². The molecule has 1 aromatic rings. The summed E-state index contributed by atoms with van der Waals surface area (Å²) in [4.78, 5) is 11.8. The summed E-state index contributed by atoms with van der Waals surface area (Å²) >= 11 is 3.36. The van der Waals surface area contributed by atoms with E-state index in [0.29, 0.717) is 19.6 Å². The van der Waals surface area contributed by atoms with Gasteiger partial charge in [-0.1, -0.05) is 35.0 Å². The van der Waals surface area contributed by atoms with Crippen molar-refractivity contribution in [3.05, 3.63) is 34.3 Å². The van der Waals surface area contributed by atoms with Gasteiger partial charge in [0, 0.05) is 24.1 Å². The molecule has 0 bridgehead atoms. The largest absolute Gasteiger partial charge is 0.354 e. The van der Waals surface area contributed by atoms with Gasteiger partial charge in [-0.2, -0.15) is 0 Å². The Kier molecular flexibility index (Phi) is 7.34. The van der Waals surface area contributed by atoms with E-state index in [4.69, 9.17) is 0 Å². The lowest BCUT2D eigenvalue weighted by Crippen LogP contribution is -2.38. The lowest BCUT2D eigenvalue weighted by molar-refractivity contribution is -0.120. The molecule has 1 aromatic carbocycles. The standard InChI is InChI=1S/C14H21BrN2O3S/c1-3-8-17(21(2,19)20)9-7-16-14(18)11-12-5-4-6-13(15)10-12/h4-6,10H,3,7-9,11H2,1-2H3,(H,16,18). The van der Waals surface area contributed by atoms with E-state index < -0.39 is 10.0 Å². The van der Waals surface area contributed by atoms with Gasteiger partial charge in [0.25, 0.3) is 0 Å². The number of halogens is 1. The summed E-state index contributed by atoms with van der Waals surface area (Å²) in [7, 11) is -3.21. The third-order valence-corrected chi connectivity index (χ3v) is 4.68. The third kappa shape index (κ3) is 7.06. The molecular weight excluding hydrogens is 356 g/mol. The summed E-state index contributed by atoms with van der Waals surface area (Å²) in [5, 5.41) is 2.75. The molecule has 7 heteroatoms. The first-order valence-corrected chi connectivity index (χ1v) is 9.43. The van der Waals surface area contributed by atoms with E-state index in [0.717, 1.165) is 16.5 Å². The van der Waals surface area contributed by atoms with Crippen LogP contribution in [0, 0.1) is 0 Å². The van der Waals surface area contributed by atoms with Gasteiger partial charge >= 0.3 is 0 Å². The molecule has 0 heterocycles. The Morgan fingerprint density at radius 3 is 2.62 bits per heavy atom. The number of hydrogen-bond acceptors (Lipinski definition) is 3. The Morgan fingerprint density at radius 2 is 2.05 bits per heavy atom. The fourth-order valence-electron chi connectivity index (χ4n) is 1.91. The van der Waals surface area contributed by atoms with Crippen LogP contribution in [0.3, 0.4) is 0 Å². The molecule has 0 spiro atoms. The number of nitrogens with zero attached hydrogens (tertiary/aromatic N) is 1. The van der Waals surface area contributed by atoms with Crippen LogP contribution in [0.1, 0.15) is 18.9 Å². The van der Waals surface area contributed by atoms with Crippen LogP contribution < -0.4 is 5.32 Å². The van der Waals surface area contributed by atoms with Gasteiger partial charge in [-0.3, -0.25) is 4.79 Å². The molecule has 0 aliphatic rings. The van der Waals surface area contributed by atoms with E-state index in [1.54, 1.807) is 0 Å². The highest BCUT2D eigenvalue weighted by atomic mass is 79.9. The fraction of sp³-hybridized carbons (Fsp3) is 0.500. The van der Waals surface area contributed by atoms with Crippen LogP contribution in [0.4, 0.5) is 0 Å². The zero-order valence-electron chi connectivity index (χ0n) is 12.3. The van der Waals surface area contributed by atoms with E-state index in [1.165, 1.54) is 10.6 Å². The van der Waals surface area contributed by atoms with Gasteiger partial charge in [0.2, 0.25) is 15.9 Å². The second kappa shape index (κ2) is 8.51. The predicted molar refractivity (Wildman–Crippen MR) is 87.6 cm³/mol. The number of hydrogen-bond donors (Lipinski definition) is 1. The minimum Gasteiger partial charge on any atom is -0.354 e. The molecule has 1 rings (SSSR count). The van der Waals surface area contributed by atoms with Crippen molar-refractivity contribution in [3.63, 3.8) is 0 Å². The smallest absolute Gasteiger partial charge is 0.224 e. The number of rotatable bonds is 8. The average Bonchev–Trinajstić information content (AvgIpc) is 2.36. The molecule has 5 nitrogen and oxygen atoms in total. The number of sulfonamides is 1. The normalized spacial score (nSPS) is 11.6. The number of carbonyl (C=O) groups is 1. The summed E-state index contributed by atoms with van der Waals surface area (Å²) in [6.07, 6.45) is 2.22. The average molecular weight is 377 g/mol. The lowest BCUT2D eigenvalue weighted by atomic mass is 10.1. The fourth-order valence-corrected chi connectivity index (χ4v) is 3.29. The van der Waals surface area contributed by atoms with Gasteiger partial charge < -0.3 is 5.32 Å². The molecule has 0 fully saturated rings. The Hall–Kier alpha value is -0.920. The Morgan fingerprint density at radius 1 is 1.33 bits per heavy atom. The van der Waals surface area contributed by atoms with Gasteiger partial charge in [0.05, 0.1) is 12.7 Å². The van der Waals surface area contributed by atoms with Crippen molar-refractivity contribution >= 4 is 31.9 Å². The molecule has 0 saturated carbocycles. The van der Waals surface area contributed by atoms with Gasteiger partial charge in [0.15, 0.2) is 0 Å². The van der Waals surface area contributed by atoms with Crippen LogP contribution >= 0.6 is 15.9 Å². The summed E-state index contributed by atoms with van der Waals surface area (Å²) in [6.45, 7) is 3.02. The molecular formula is C14H21BrN2O3S. The topological polar surface area (TPSA) is 66.5 Å². The van der Waals surface area contributed by atoms with Crippen LogP contribution in [-0.4, -0.2) is 44.5 Å². The number of carbonyl (C=O) groups excluding carboxylic acids is 1. The van der Waals surface area contributed by atoms with Crippen molar-refractivity contribution in [2.24, 2.45) is 0 Å². The highest BCUT2D eigenvalue weighted by molar-refractivity contribution is 9.10. The maximum Gasteiger partial charge on any atom is 0.224 e. The SMILES string of the molecule is CCCN(CCNC(=O)Cc1cccc(Br)c1)S(C)(=O)=O. The van der Waals surface area contributed by atoms with Crippen molar-refractivity contribution in [2.75, 3.05) is 25.9 Å². The molecule has 21 heavy (non-hydrogen) atoms. The van der Waals surface area contributed by atoms with Crippen molar-refractivity contribution in [1.82, 2.24) is 9.62 Å². The first-order valence-electron chi connectivity index (χ1n) is 6.79. The Bertz CT molecular complexity index is 575. The van der Waals surface area contributed by atoms with Gasteiger partial charge in [0.1, 0.15) is 0 Å². The second-order valence-corrected chi connectivity index (χ2v) is 7.72. The van der Waals surface area contributed by atoms with E-state index in [1.807, 2.05) is 31.2 Å². The number of nitrogens with one attached hydrogen (secondary N) is 1. The van der Waals surface area contributed by atoms with E-state index in [9.17, 15) is 13.2 Å². The highest BCUT2D eigenvalue weighted by Crippen LogP contribution is 2.11. The predicted octanol–water partition coefficient (Wildman–Crippen LogP) is 1.78. The lowest BCUT2D eigenvalue weighted by Gasteiger charge is -2.19. The van der Waals surface area contributed by atoms with E-state index in [2.05, 4.69) is 21.2 Å². The molecule has 1 amide bonds. The van der Waals surface area contributed by atoms with Crippen LogP contribution in [0.2, 0.25) is 0 Å². The van der Waals surface area contributed by atoms with Gasteiger partial charge in [-0.15, -0.1) is 0 Å². The monoisotopic (exact) mass is 376 g/mol. The molecule has 0 aromatic heterocycles. The molecule has 118 valence electrons. The Balaban J connectivity index is 2.42. The van der Waals surface area contributed by atoms with Crippen LogP contribution in [0.25, 0.3) is 0 Å². The number of benzene rings is 1. The van der Waals surface area contributed by atoms with Gasteiger partial charge in [-0.05, 0) is 24.1 Å². The summed E-state index contributed by atoms with van der Waals surface area (Å²) in [5.74, 6) is -0.113. The minimum atomic E-state index is -3.21. The molecule has 0 atom stereocenters. The highest BCUT2D eigenvalue weighted by Gasteiger charge is 2.15. The summed E-state index contributed by atoms with van der Waals surface area (Å²) in [6, 6.07) is 7.54. The minimum absolute atomic E-state index is 0.113. The maximum atomic E-state index is 11.8. The van der Waals surface area contributed by atoms with E-state index in [-0.39, 0.29) is 12.3 Å². The summed E-state index contributed by atoms with van der Waals surface area (Å²) < 4.78 is 25.4. The van der Waals surface area contributed by atoms with Crippen LogP contribution in [0.5, 0.6) is 0 Å². The van der Waals surface area contributed by atoms with Crippen LogP contribution in [-0.2, 0) is 21.2 Å². The molecule has 0 aliphatic heterocycles. The third-order valence-electron chi connectivity index (χ3n) is 2.88. The second-order valence-electron chi connectivity index (χ2n) is 4.82. The zero-order chi connectivity index (χ0) is 15.9. The van der Waals surface area contributed by atoms with Gasteiger partial charge in [-0.25, -0.2) is 12.7 Å². The maximum absolute atomic E-state index is 11.8. The van der Waals surface area contributed by atoms with Crippen LogP contribution in [0.15, 0.2) is 28.7 Å². The molecule has 0 saturated heterocycles. The van der Waals surface area contributed by atoms with E-state index >= 15 is 0 Å². The molecule has 1 N–H and O–H groups in total. The van der Waals surface area contributed by atoms with Crippen molar-refractivity contribution in [3.8, 4) is 0 Å². The first-order chi connectivity index (χ1) is 9.82. The van der Waals surface area contributed by atoms with Crippen molar-refractivity contribution < 1.29 is 13.2 Å². The Labute approximate surface area is 134 Å².